The Bertz CT molecular complexity index is 1310. The van der Waals surface area contributed by atoms with E-state index >= 15 is 0 Å². The van der Waals surface area contributed by atoms with E-state index in [0.29, 0.717) is 27.5 Å². The number of benzene rings is 1. The van der Waals surface area contributed by atoms with Crippen LogP contribution in [-0.2, 0) is 0 Å². The molecule has 4 aromatic rings. The fourth-order valence-corrected chi connectivity index (χ4v) is 3.24. The maximum atomic E-state index is 13.9. The second-order valence-electron chi connectivity index (χ2n) is 6.46. The molecule has 3 aromatic heterocycles. The van der Waals surface area contributed by atoms with Gasteiger partial charge in [-0.3, -0.25) is 0 Å². The van der Waals surface area contributed by atoms with E-state index in [2.05, 4.69) is 30.2 Å². The minimum Gasteiger partial charge on any atom is -0.392 e. The average Bonchev–Trinajstić information content (AvgIpc) is 3.07. The molecule has 30 heavy (non-hydrogen) atoms. The van der Waals surface area contributed by atoms with Gasteiger partial charge in [0.1, 0.15) is 22.5 Å². The van der Waals surface area contributed by atoms with Gasteiger partial charge in [0.25, 0.3) is 5.69 Å². The van der Waals surface area contributed by atoms with Crippen molar-refractivity contribution in [2.45, 2.75) is 13.0 Å². The molecule has 4 rings (SSSR count). The molecule has 0 spiro atoms. The van der Waals surface area contributed by atoms with E-state index in [0.717, 1.165) is 0 Å². The first-order valence-corrected chi connectivity index (χ1v) is 9.12. The number of nitrogens with two attached hydrogens (primary N) is 2. The molecule has 0 amide bonds. The highest BCUT2D eigenvalue weighted by Gasteiger charge is 2.20. The van der Waals surface area contributed by atoms with E-state index in [1.807, 2.05) is 6.92 Å². The van der Waals surface area contributed by atoms with Gasteiger partial charge in [-0.15, -0.1) is 0 Å². The van der Waals surface area contributed by atoms with Crippen LogP contribution in [0.3, 0.4) is 0 Å². The highest BCUT2D eigenvalue weighted by Crippen LogP contribution is 2.35. The highest BCUT2D eigenvalue weighted by molar-refractivity contribution is 6.33. The largest absolute Gasteiger partial charge is 0.392 e. The molecule has 0 aliphatic carbocycles. The molecule has 150 valence electrons. The Kier molecular flexibility index (Phi) is 4.81. The van der Waals surface area contributed by atoms with E-state index < -0.39 is 11.9 Å². The second-order valence-corrected chi connectivity index (χ2v) is 6.87. The summed E-state index contributed by atoms with van der Waals surface area (Å²) in [6.45, 7) is 9.19. The van der Waals surface area contributed by atoms with Gasteiger partial charge in [-0.05, 0) is 19.1 Å². The van der Waals surface area contributed by atoms with Crippen molar-refractivity contribution in [3.05, 3.63) is 64.5 Å². The SMILES string of the molecule is [C-]#[N+]c1c(N)nc(N)nc1N[C@@H](C)c1cn2ncc(Cl)c2nc1-c1cccc(F)c1. The standard InChI is InChI=1S/C19H15ClFN9/c1-9(26-17-15(24-2)16(22)28-19(23)29-17)12-8-30-18(13(20)7-25-30)27-14(12)10-4-3-5-11(21)6-10/h3-9H,1H3,(H5,22,23,26,28,29)/t9-/m0/s1. The van der Waals surface area contributed by atoms with Gasteiger partial charge in [0.05, 0.1) is 24.5 Å². The lowest BCUT2D eigenvalue weighted by molar-refractivity contribution is 0.628. The summed E-state index contributed by atoms with van der Waals surface area (Å²) < 4.78 is 15.4. The molecule has 11 heteroatoms. The van der Waals surface area contributed by atoms with E-state index in [4.69, 9.17) is 29.6 Å². The lowest BCUT2D eigenvalue weighted by Crippen LogP contribution is -2.13. The van der Waals surface area contributed by atoms with Crippen LogP contribution in [0.25, 0.3) is 21.7 Å². The summed E-state index contributed by atoms with van der Waals surface area (Å²) in [5.74, 6) is -0.296. The van der Waals surface area contributed by atoms with Gasteiger partial charge in [0, 0.05) is 17.3 Å². The number of nitrogen functional groups attached to an aromatic ring is 2. The van der Waals surface area contributed by atoms with Gasteiger partial charge in [0.2, 0.25) is 5.95 Å². The van der Waals surface area contributed by atoms with Gasteiger partial charge in [-0.1, -0.05) is 23.7 Å². The zero-order valence-electron chi connectivity index (χ0n) is 15.6. The molecular weight excluding hydrogens is 409 g/mol. The molecule has 0 radical (unpaired) electrons. The van der Waals surface area contributed by atoms with Crippen molar-refractivity contribution in [3.8, 4) is 11.3 Å². The fraction of sp³-hybridized carbons (Fsp3) is 0.105. The van der Waals surface area contributed by atoms with Crippen LogP contribution in [0.4, 0.5) is 27.7 Å². The second kappa shape index (κ2) is 7.46. The predicted octanol–water partition coefficient (Wildman–Crippen LogP) is 3.87. The molecule has 0 saturated carbocycles. The van der Waals surface area contributed by atoms with Crippen molar-refractivity contribution in [2.24, 2.45) is 0 Å². The molecule has 1 aromatic carbocycles. The van der Waals surface area contributed by atoms with Crippen molar-refractivity contribution >= 4 is 40.5 Å². The summed E-state index contributed by atoms with van der Waals surface area (Å²) in [4.78, 5) is 15.9. The smallest absolute Gasteiger partial charge is 0.268 e. The third-order valence-corrected chi connectivity index (χ3v) is 4.70. The minimum atomic E-state index is -0.433. The summed E-state index contributed by atoms with van der Waals surface area (Å²) in [5, 5.41) is 7.68. The normalized spacial score (nSPS) is 11.9. The van der Waals surface area contributed by atoms with Gasteiger partial charge < -0.3 is 16.8 Å². The molecule has 9 nitrogen and oxygen atoms in total. The minimum absolute atomic E-state index is 0.0232. The van der Waals surface area contributed by atoms with Crippen LogP contribution >= 0.6 is 11.6 Å². The van der Waals surface area contributed by atoms with E-state index in [1.165, 1.54) is 22.8 Å². The van der Waals surface area contributed by atoms with Crippen molar-refractivity contribution in [1.29, 1.82) is 0 Å². The maximum absolute atomic E-state index is 13.9. The molecular formula is C19H15ClFN9. The van der Waals surface area contributed by atoms with Gasteiger partial charge in [-0.25, -0.2) is 28.7 Å². The van der Waals surface area contributed by atoms with E-state index in [9.17, 15) is 4.39 Å². The van der Waals surface area contributed by atoms with Gasteiger partial charge in [-0.2, -0.15) is 5.10 Å². The van der Waals surface area contributed by atoms with Crippen LogP contribution in [0, 0.1) is 12.4 Å². The van der Waals surface area contributed by atoms with E-state index in [-0.39, 0.29) is 23.3 Å². The third kappa shape index (κ3) is 3.42. The van der Waals surface area contributed by atoms with Crippen LogP contribution in [0.1, 0.15) is 18.5 Å². The first kappa shape index (κ1) is 19.4. The van der Waals surface area contributed by atoms with Crippen LogP contribution in [0.2, 0.25) is 5.02 Å². The number of aromatic nitrogens is 5. The Balaban J connectivity index is 1.86. The topological polar surface area (TPSA) is 124 Å². The lowest BCUT2D eigenvalue weighted by atomic mass is 10.0. The molecule has 0 saturated heterocycles. The molecule has 1 atom stereocenters. The number of anilines is 3. The zero-order valence-corrected chi connectivity index (χ0v) is 16.4. The Labute approximate surface area is 175 Å². The predicted molar refractivity (Wildman–Crippen MR) is 113 cm³/mol. The van der Waals surface area contributed by atoms with Crippen molar-refractivity contribution < 1.29 is 4.39 Å². The number of rotatable bonds is 4. The van der Waals surface area contributed by atoms with Crippen molar-refractivity contribution in [3.63, 3.8) is 0 Å². The fourth-order valence-electron chi connectivity index (χ4n) is 3.06. The molecule has 0 aliphatic rings. The Hall–Kier alpha value is -3.97. The summed E-state index contributed by atoms with van der Waals surface area (Å²) in [5.41, 5.74) is 13.7. The number of nitrogens with one attached hydrogen (secondary N) is 1. The zero-order chi connectivity index (χ0) is 21.4. The van der Waals surface area contributed by atoms with Crippen LogP contribution in [-0.4, -0.2) is 24.6 Å². The molecule has 5 N–H and O–H groups in total. The maximum Gasteiger partial charge on any atom is 0.268 e. The Morgan fingerprint density at radius 3 is 2.80 bits per heavy atom. The summed E-state index contributed by atoms with van der Waals surface area (Å²) in [6.07, 6.45) is 3.21. The van der Waals surface area contributed by atoms with Crippen LogP contribution in [0.15, 0.2) is 36.7 Å². The van der Waals surface area contributed by atoms with Crippen molar-refractivity contribution in [2.75, 3.05) is 16.8 Å². The first-order valence-electron chi connectivity index (χ1n) is 8.74. The average molecular weight is 424 g/mol. The molecule has 0 fully saturated rings. The first-order chi connectivity index (χ1) is 14.4. The molecule has 0 aliphatic heterocycles. The Morgan fingerprint density at radius 2 is 2.07 bits per heavy atom. The monoisotopic (exact) mass is 423 g/mol. The van der Waals surface area contributed by atoms with Crippen LogP contribution < -0.4 is 16.8 Å². The number of hydrogen-bond acceptors (Lipinski definition) is 7. The van der Waals surface area contributed by atoms with Crippen LogP contribution in [0.5, 0.6) is 0 Å². The lowest BCUT2D eigenvalue weighted by Gasteiger charge is -2.19. The molecule has 0 unspecified atom stereocenters. The quantitative estimate of drug-likeness (QED) is 0.425. The summed E-state index contributed by atoms with van der Waals surface area (Å²) in [6, 6.07) is 5.64. The number of halogens is 2. The van der Waals surface area contributed by atoms with Gasteiger partial charge >= 0.3 is 0 Å². The number of hydrogen-bond donors (Lipinski definition) is 3. The van der Waals surface area contributed by atoms with Crippen molar-refractivity contribution in [1.82, 2.24) is 24.6 Å². The molecule has 3 heterocycles. The summed E-state index contributed by atoms with van der Waals surface area (Å²) >= 11 is 6.19. The Morgan fingerprint density at radius 1 is 1.27 bits per heavy atom. The number of nitrogens with zero attached hydrogens (tertiary/aromatic N) is 6. The van der Waals surface area contributed by atoms with E-state index in [1.54, 1.807) is 18.3 Å². The number of fused-ring (bicyclic) bond motifs is 1. The summed E-state index contributed by atoms with van der Waals surface area (Å²) in [7, 11) is 0. The third-order valence-electron chi connectivity index (χ3n) is 4.44. The van der Waals surface area contributed by atoms with Gasteiger partial charge in [0.15, 0.2) is 5.65 Å². The molecule has 0 bridgehead atoms. The highest BCUT2D eigenvalue weighted by atomic mass is 35.5.